The van der Waals surface area contributed by atoms with Crippen molar-refractivity contribution >= 4 is 27.3 Å². The van der Waals surface area contributed by atoms with Gasteiger partial charge in [0.1, 0.15) is 5.01 Å². The highest BCUT2D eigenvalue weighted by atomic mass is 79.9. The summed E-state index contributed by atoms with van der Waals surface area (Å²) in [6.45, 7) is 4.46. The molecule has 0 radical (unpaired) electrons. The second-order valence-electron chi connectivity index (χ2n) is 5.54. The molecule has 3 heteroatoms. The standard InChI is InChI=1S/C18H16BrNS/c1-18(2,14-8-4-3-5-9-14)17-20-16(12-21-17)13-7-6-10-15(19)11-13/h3-12H,1-2H3. The van der Waals surface area contributed by atoms with Crippen molar-refractivity contribution in [3.8, 4) is 11.3 Å². The zero-order valence-corrected chi connectivity index (χ0v) is 14.4. The van der Waals surface area contributed by atoms with Crippen LogP contribution in [0.4, 0.5) is 0 Å². The molecule has 106 valence electrons. The van der Waals surface area contributed by atoms with Crippen molar-refractivity contribution in [1.82, 2.24) is 4.98 Å². The lowest BCUT2D eigenvalue weighted by Crippen LogP contribution is -2.18. The van der Waals surface area contributed by atoms with Gasteiger partial charge in [0.25, 0.3) is 0 Å². The predicted octanol–water partition coefficient (Wildman–Crippen LogP) is 5.90. The molecule has 0 spiro atoms. The van der Waals surface area contributed by atoms with E-state index in [1.54, 1.807) is 11.3 Å². The number of thiazole rings is 1. The second kappa shape index (κ2) is 5.74. The Morgan fingerprint density at radius 2 is 1.76 bits per heavy atom. The summed E-state index contributed by atoms with van der Waals surface area (Å²) in [6.07, 6.45) is 0. The van der Waals surface area contributed by atoms with Gasteiger partial charge in [0.2, 0.25) is 0 Å². The summed E-state index contributed by atoms with van der Waals surface area (Å²) in [5.41, 5.74) is 3.41. The third-order valence-electron chi connectivity index (χ3n) is 3.65. The van der Waals surface area contributed by atoms with Crippen LogP contribution in [0.25, 0.3) is 11.3 Å². The normalized spacial score (nSPS) is 11.6. The minimum Gasteiger partial charge on any atom is -0.240 e. The molecule has 3 rings (SSSR count). The number of halogens is 1. The Balaban J connectivity index is 1.98. The molecule has 0 bridgehead atoms. The molecule has 0 amide bonds. The van der Waals surface area contributed by atoms with Gasteiger partial charge in [-0.15, -0.1) is 11.3 Å². The van der Waals surface area contributed by atoms with Gasteiger partial charge in [-0.3, -0.25) is 0 Å². The molecule has 0 aliphatic rings. The van der Waals surface area contributed by atoms with Crippen molar-refractivity contribution in [3.63, 3.8) is 0 Å². The molecule has 1 heterocycles. The summed E-state index contributed by atoms with van der Waals surface area (Å²) in [6, 6.07) is 18.8. The summed E-state index contributed by atoms with van der Waals surface area (Å²) in [5, 5.41) is 3.28. The Labute approximate surface area is 137 Å². The largest absolute Gasteiger partial charge is 0.240 e. The van der Waals surface area contributed by atoms with Crippen LogP contribution in [-0.4, -0.2) is 4.98 Å². The summed E-state index contributed by atoms with van der Waals surface area (Å²) in [7, 11) is 0. The van der Waals surface area contributed by atoms with Gasteiger partial charge in [-0.2, -0.15) is 0 Å². The van der Waals surface area contributed by atoms with Crippen molar-refractivity contribution in [2.75, 3.05) is 0 Å². The van der Waals surface area contributed by atoms with Crippen molar-refractivity contribution in [1.29, 1.82) is 0 Å². The van der Waals surface area contributed by atoms with Gasteiger partial charge >= 0.3 is 0 Å². The summed E-state index contributed by atoms with van der Waals surface area (Å²) >= 11 is 5.24. The number of hydrogen-bond acceptors (Lipinski definition) is 2. The molecular weight excluding hydrogens is 342 g/mol. The molecular formula is C18H16BrNS. The van der Waals surface area contributed by atoms with Crippen LogP contribution in [0.2, 0.25) is 0 Å². The predicted molar refractivity (Wildman–Crippen MR) is 93.8 cm³/mol. The van der Waals surface area contributed by atoms with Gasteiger partial charge < -0.3 is 0 Å². The van der Waals surface area contributed by atoms with Crippen molar-refractivity contribution in [2.24, 2.45) is 0 Å². The highest BCUT2D eigenvalue weighted by Crippen LogP contribution is 2.35. The van der Waals surface area contributed by atoms with E-state index in [4.69, 9.17) is 4.98 Å². The maximum absolute atomic E-state index is 4.87. The first-order valence-electron chi connectivity index (χ1n) is 6.85. The monoisotopic (exact) mass is 357 g/mol. The number of aromatic nitrogens is 1. The van der Waals surface area contributed by atoms with Crippen LogP contribution in [0.15, 0.2) is 64.5 Å². The van der Waals surface area contributed by atoms with Crippen LogP contribution < -0.4 is 0 Å². The lowest BCUT2D eigenvalue weighted by Gasteiger charge is -2.22. The van der Waals surface area contributed by atoms with Crippen LogP contribution in [-0.2, 0) is 5.41 Å². The summed E-state index contributed by atoms with van der Waals surface area (Å²) in [5.74, 6) is 0. The lowest BCUT2D eigenvalue weighted by molar-refractivity contribution is 0.635. The molecule has 21 heavy (non-hydrogen) atoms. The highest BCUT2D eigenvalue weighted by Gasteiger charge is 2.26. The molecule has 0 atom stereocenters. The van der Waals surface area contributed by atoms with Crippen molar-refractivity contribution in [2.45, 2.75) is 19.3 Å². The van der Waals surface area contributed by atoms with Gasteiger partial charge in [0, 0.05) is 20.8 Å². The maximum atomic E-state index is 4.87. The van der Waals surface area contributed by atoms with Crippen molar-refractivity contribution in [3.05, 3.63) is 75.0 Å². The number of hydrogen-bond donors (Lipinski definition) is 0. The fourth-order valence-electron chi connectivity index (χ4n) is 2.32. The van der Waals surface area contributed by atoms with E-state index >= 15 is 0 Å². The Morgan fingerprint density at radius 1 is 1.00 bits per heavy atom. The Bertz CT molecular complexity index is 747. The third kappa shape index (κ3) is 2.94. The molecule has 1 aromatic heterocycles. The minimum atomic E-state index is -0.0732. The smallest absolute Gasteiger partial charge is 0.103 e. The maximum Gasteiger partial charge on any atom is 0.103 e. The molecule has 0 saturated heterocycles. The fourth-order valence-corrected chi connectivity index (χ4v) is 3.69. The van der Waals surface area contributed by atoms with Gasteiger partial charge in [-0.25, -0.2) is 4.98 Å². The van der Waals surface area contributed by atoms with E-state index in [1.165, 1.54) is 5.56 Å². The first kappa shape index (κ1) is 14.5. The molecule has 1 nitrogen and oxygen atoms in total. The molecule has 0 unspecified atom stereocenters. The summed E-state index contributed by atoms with van der Waals surface area (Å²) in [4.78, 5) is 4.87. The topological polar surface area (TPSA) is 12.9 Å². The first-order chi connectivity index (χ1) is 10.1. The van der Waals surface area contributed by atoms with E-state index in [-0.39, 0.29) is 5.41 Å². The second-order valence-corrected chi connectivity index (χ2v) is 7.31. The van der Waals surface area contributed by atoms with Crippen LogP contribution >= 0.6 is 27.3 Å². The number of rotatable bonds is 3. The van der Waals surface area contributed by atoms with E-state index in [2.05, 4.69) is 71.6 Å². The summed E-state index contributed by atoms with van der Waals surface area (Å²) < 4.78 is 1.08. The zero-order valence-electron chi connectivity index (χ0n) is 12.0. The molecule has 2 aromatic carbocycles. The Kier molecular flexibility index (Phi) is 3.96. The average molecular weight is 358 g/mol. The first-order valence-corrected chi connectivity index (χ1v) is 8.52. The van der Waals surface area contributed by atoms with Gasteiger partial charge in [-0.05, 0) is 31.5 Å². The Morgan fingerprint density at radius 3 is 2.48 bits per heavy atom. The zero-order chi connectivity index (χ0) is 14.9. The van der Waals surface area contributed by atoms with Crippen LogP contribution in [0.1, 0.15) is 24.4 Å². The number of benzene rings is 2. The van der Waals surface area contributed by atoms with E-state index in [0.29, 0.717) is 0 Å². The fraction of sp³-hybridized carbons (Fsp3) is 0.167. The molecule has 0 aliphatic carbocycles. The lowest BCUT2D eigenvalue weighted by atomic mass is 9.85. The van der Waals surface area contributed by atoms with Gasteiger partial charge in [0.15, 0.2) is 0 Å². The van der Waals surface area contributed by atoms with E-state index in [0.717, 1.165) is 20.7 Å². The van der Waals surface area contributed by atoms with Gasteiger partial charge in [-0.1, -0.05) is 58.4 Å². The molecule has 0 N–H and O–H groups in total. The average Bonchev–Trinajstić information content (AvgIpc) is 2.99. The van der Waals surface area contributed by atoms with Crippen LogP contribution in [0.3, 0.4) is 0 Å². The minimum absolute atomic E-state index is 0.0732. The van der Waals surface area contributed by atoms with Crippen LogP contribution in [0, 0.1) is 0 Å². The molecule has 0 aliphatic heterocycles. The van der Waals surface area contributed by atoms with Crippen LogP contribution in [0.5, 0.6) is 0 Å². The Hall–Kier alpha value is -1.45. The molecule has 3 aromatic rings. The van der Waals surface area contributed by atoms with Gasteiger partial charge in [0.05, 0.1) is 5.69 Å². The van der Waals surface area contributed by atoms with Crippen molar-refractivity contribution < 1.29 is 0 Å². The highest BCUT2D eigenvalue weighted by molar-refractivity contribution is 9.10. The molecule has 0 fully saturated rings. The van der Waals surface area contributed by atoms with E-state index < -0.39 is 0 Å². The number of nitrogens with zero attached hydrogens (tertiary/aromatic N) is 1. The molecule has 0 saturated carbocycles. The SMILES string of the molecule is CC(C)(c1ccccc1)c1nc(-c2cccc(Br)c2)cs1. The quantitative estimate of drug-likeness (QED) is 0.568. The third-order valence-corrected chi connectivity index (χ3v) is 5.31. The van der Waals surface area contributed by atoms with E-state index in [1.807, 2.05) is 18.2 Å². The van der Waals surface area contributed by atoms with E-state index in [9.17, 15) is 0 Å².